The van der Waals surface area contributed by atoms with Crippen LogP contribution in [0.25, 0.3) is 11.3 Å². The molecule has 0 spiro atoms. The molecule has 1 fully saturated rings. The number of aryl methyl sites for hydroxylation is 1. The van der Waals surface area contributed by atoms with Crippen molar-refractivity contribution in [3.05, 3.63) is 54.4 Å². The van der Waals surface area contributed by atoms with Crippen LogP contribution < -0.4 is 16.0 Å². The van der Waals surface area contributed by atoms with Crippen LogP contribution in [0.4, 0.5) is 15.9 Å². The Morgan fingerprint density at radius 2 is 1.97 bits per heavy atom. The molecule has 1 amide bonds. The number of nitrogens with two attached hydrogens (primary N) is 1. The van der Waals surface area contributed by atoms with Gasteiger partial charge in [0, 0.05) is 31.7 Å². The maximum Gasteiger partial charge on any atom is 0.276 e. The van der Waals surface area contributed by atoms with Gasteiger partial charge < -0.3 is 16.0 Å². The highest BCUT2D eigenvalue weighted by molar-refractivity contribution is 6.04. The Labute approximate surface area is 180 Å². The molecular weight excluding hydrogens is 397 g/mol. The smallest absolute Gasteiger partial charge is 0.276 e. The van der Waals surface area contributed by atoms with Crippen molar-refractivity contribution in [3.63, 3.8) is 0 Å². The maximum atomic E-state index is 14.1. The first-order chi connectivity index (χ1) is 14.9. The van der Waals surface area contributed by atoms with Gasteiger partial charge in [0.1, 0.15) is 17.2 Å². The fourth-order valence-electron chi connectivity index (χ4n) is 3.99. The lowest BCUT2D eigenvalue weighted by atomic mass is 9.91. The summed E-state index contributed by atoms with van der Waals surface area (Å²) < 4.78 is 15.9. The van der Waals surface area contributed by atoms with Crippen molar-refractivity contribution in [1.82, 2.24) is 19.7 Å². The Morgan fingerprint density at radius 3 is 2.68 bits per heavy atom. The largest absolute Gasteiger partial charge is 0.355 e. The van der Waals surface area contributed by atoms with E-state index in [0.29, 0.717) is 22.9 Å². The zero-order chi connectivity index (χ0) is 22.0. The van der Waals surface area contributed by atoms with E-state index in [2.05, 4.69) is 25.3 Å². The summed E-state index contributed by atoms with van der Waals surface area (Å²) in [6, 6.07) is 6.44. The van der Waals surface area contributed by atoms with Crippen LogP contribution >= 0.6 is 0 Å². The second kappa shape index (κ2) is 8.81. The summed E-state index contributed by atoms with van der Waals surface area (Å²) in [5.74, 6) is 0.498. The molecule has 3 heterocycles. The number of anilines is 2. The van der Waals surface area contributed by atoms with Gasteiger partial charge in [0.15, 0.2) is 5.82 Å². The number of halogens is 1. The molecule has 4 rings (SSSR count). The Kier molecular flexibility index (Phi) is 5.94. The van der Waals surface area contributed by atoms with Crippen LogP contribution in [0.15, 0.2) is 42.9 Å². The lowest BCUT2D eigenvalue weighted by Crippen LogP contribution is -2.40. The van der Waals surface area contributed by atoms with Gasteiger partial charge in [-0.25, -0.2) is 9.37 Å². The lowest BCUT2D eigenvalue weighted by Gasteiger charge is -2.35. The number of benzene rings is 1. The normalized spacial score (nSPS) is 15.7. The third-order valence-electron chi connectivity index (χ3n) is 5.76. The molecule has 0 bridgehead atoms. The molecule has 0 aliphatic carbocycles. The molecule has 0 saturated carbocycles. The Balaban J connectivity index is 1.53. The molecule has 2 aromatic heterocycles. The van der Waals surface area contributed by atoms with Crippen molar-refractivity contribution in [2.75, 3.05) is 23.3 Å². The molecule has 1 saturated heterocycles. The summed E-state index contributed by atoms with van der Waals surface area (Å²) in [7, 11) is 1.85. The minimum Gasteiger partial charge on any atom is -0.355 e. The monoisotopic (exact) mass is 423 g/mol. The molecule has 9 heteroatoms. The predicted molar refractivity (Wildman–Crippen MR) is 117 cm³/mol. The second-order valence-corrected chi connectivity index (χ2v) is 7.91. The first kappa shape index (κ1) is 20.9. The van der Waals surface area contributed by atoms with Crippen molar-refractivity contribution in [2.24, 2.45) is 18.7 Å². The van der Waals surface area contributed by atoms with Gasteiger partial charge in [-0.15, -0.1) is 0 Å². The van der Waals surface area contributed by atoms with E-state index in [4.69, 9.17) is 5.73 Å². The quantitative estimate of drug-likeness (QED) is 0.654. The predicted octanol–water partition coefficient (Wildman–Crippen LogP) is 2.83. The maximum absolute atomic E-state index is 14.1. The van der Waals surface area contributed by atoms with Crippen LogP contribution in [0.1, 0.15) is 30.3 Å². The van der Waals surface area contributed by atoms with Gasteiger partial charge in [0.05, 0.1) is 24.3 Å². The molecule has 0 radical (unpaired) electrons. The standard InChI is InChI=1S/C22H26FN7O/c1-14(24)15-7-9-30(10-8-15)22-20(13-26-29(22)2)28-21(31)19-12-25-11-18(27-19)16-5-3-4-6-17(16)23/h3-6,11-15H,7-10,24H2,1-2H3,(H,28,31). The fraction of sp³-hybridized carbons (Fsp3) is 0.364. The molecule has 8 nitrogen and oxygen atoms in total. The van der Waals surface area contributed by atoms with Crippen molar-refractivity contribution < 1.29 is 9.18 Å². The highest BCUT2D eigenvalue weighted by Crippen LogP contribution is 2.30. The van der Waals surface area contributed by atoms with Crippen molar-refractivity contribution in [3.8, 4) is 11.3 Å². The zero-order valence-corrected chi connectivity index (χ0v) is 17.6. The second-order valence-electron chi connectivity index (χ2n) is 7.91. The number of hydrogen-bond donors (Lipinski definition) is 2. The van der Waals surface area contributed by atoms with E-state index in [1.165, 1.54) is 18.5 Å². The van der Waals surface area contributed by atoms with Crippen molar-refractivity contribution in [2.45, 2.75) is 25.8 Å². The summed E-state index contributed by atoms with van der Waals surface area (Å²) >= 11 is 0. The number of rotatable bonds is 5. The molecule has 31 heavy (non-hydrogen) atoms. The van der Waals surface area contributed by atoms with E-state index >= 15 is 0 Å². The van der Waals surface area contributed by atoms with Crippen LogP contribution in [-0.4, -0.2) is 44.8 Å². The molecule has 1 aliphatic heterocycles. The molecular formula is C22H26FN7O. The van der Waals surface area contributed by atoms with Crippen LogP contribution in [0.5, 0.6) is 0 Å². The van der Waals surface area contributed by atoms with E-state index in [-0.39, 0.29) is 11.7 Å². The number of carbonyl (C=O) groups is 1. The van der Waals surface area contributed by atoms with E-state index in [0.717, 1.165) is 31.7 Å². The third kappa shape index (κ3) is 4.41. The van der Waals surface area contributed by atoms with Crippen LogP contribution in [0.2, 0.25) is 0 Å². The third-order valence-corrected chi connectivity index (χ3v) is 5.76. The van der Waals surface area contributed by atoms with Gasteiger partial charge in [-0.3, -0.25) is 14.5 Å². The highest BCUT2D eigenvalue weighted by atomic mass is 19.1. The minimum atomic E-state index is -0.426. The molecule has 1 atom stereocenters. The summed E-state index contributed by atoms with van der Waals surface area (Å²) in [4.78, 5) is 23.5. The van der Waals surface area contributed by atoms with Crippen LogP contribution in [0.3, 0.4) is 0 Å². The first-order valence-electron chi connectivity index (χ1n) is 10.3. The zero-order valence-electron chi connectivity index (χ0n) is 17.6. The van der Waals surface area contributed by atoms with Gasteiger partial charge in [0.2, 0.25) is 0 Å². The van der Waals surface area contributed by atoms with E-state index in [1.54, 1.807) is 29.1 Å². The molecule has 1 aliphatic rings. The van der Waals surface area contributed by atoms with Crippen LogP contribution in [-0.2, 0) is 7.05 Å². The number of amides is 1. The van der Waals surface area contributed by atoms with E-state index in [9.17, 15) is 9.18 Å². The number of piperidine rings is 1. The number of nitrogens with zero attached hydrogens (tertiary/aromatic N) is 5. The number of hydrogen-bond acceptors (Lipinski definition) is 6. The topological polar surface area (TPSA) is 102 Å². The molecule has 1 unspecified atom stereocenters. The number of aromatic nitrogens is 4. The Bertz CT molecular complexity index is 1070. The Hall–Kier alpha value is -3.33. The molecule has 3 N–H and O–H groups in total. The van der Waals surface area contributed by atoms with Gasteiger partial charge in [0.25, 0.3) is 5.91 Å². The minimum absolute atomic E-state index is 0.103. The van der Waals surface area contributed by atoms with Crippen molar-refractivity contribution >= 4 is 17.4 Å². The van der Waals surface area contributed by atoms with Crippen LogP contribution in [0, 0.1) is 11.7 Å². The van der Waals surface area contributed by atoms with Gasteiger partial charge in [-0.2, -0.15) is 5.10 Å². The molecule has 1 aromatic carbocycles. The summed E-state index contributed by atoms with van der Waals surface area (Å²) in [6.45, 7) is 3.74. The average molecular weight is 423 g/mol. The molecule has 3 aromatic rings. The molecule has 162 valence electrons. The fourth-order valence-corrected chi connectivity index (χ4v) is 3.99. The summed E-state index contributed by atoms with van der Waals surface area (Å²) in [5.41, 5.74) is 7.36. The van der Waals surface area contributed by atoms with Crippen molar-refractivity contribution in [1.29, 1.82) is 0 Å². The first-order valence-corrected chi connectivity index (χ1v) is 10.3. The van der Waals surface area contributed by atoms with E-state index in [1.807, 2.05) is 14.0 Å². The van der Waals surface area contributed by atoms with E-state index < -0.39 is 11.7 Å². The highest BCUT2D eigenvalue weighted by Gasteiger charge is 2.26. The van der Waals surface area contributed by atoms with Gasteiger partial charge in [-0.1, -0.05) is 12.1 Å². The Morgan fingerprint density at radius 1 is 1.23 bits per heavy atom. The van der Waals surface area contributed by atoms with Gasteiger partial charge in [-0.05, 0) is 37.8 Å². The average Bonchev–Trinajstić information content (AvgIpc) is 3.14. The van der Waals surface area contributed by atoms with Gasteiger partial charge >= 0.3 is 0 Å². The lowest BCUT2D eigenvalue weighted by molar-refractivity contribution is 0.102. The SMILES string of the molecule is CC(N)C1CCN(c2c(NC(=O)c3cncc(-c4ccccc4F)n3)cnn2C)CC1. The number of nitrogens with one attached hydrogen (secondary N) is 1. The summed E-state index contributed by atoms with van der Waals surface area (Å²) in [6.07, 6.45) is 6.41. The summed E-state index contributed by atoms with van der Waals surface area (Å²) in [5, 5.41) is 7.21. The number of carbonyl (C=O) groups excluding carboxylic acids is 1.